The number of hydrogen-bond acceptors (Lipinski definition) is 4. The molecule has 1 saturated carbocycles. The highest BCUT2D eigenvalue weighted by Gasteiger charge is 2.71. The van der Waals surface area contributed by atoms with Crippen molar-refractivity contribution < 1.29 is 31.8 Å². The number of halogens is 4. The lowest BCUT2D eigenvalue weighted by molar-refractivity contribution is -0.310. The lowest BCUT2D eigenvalue weighted by Gasteiger charge is -2.45. The number of para-hydroxylation sites is 1. The van der Waals surface area contributed by atoms with Crippen LogP contribution in [0.4, 0.5) is 23.2 Å². The molecule has 29 heavy (non-hydrogen) atoms. The largest absolute Gasteiger partial charge is 0.492 e. The van der Waals surface area contributed by atoms with Gasteiger partial charge in [0.15, 0.2) is 11.5 Å². The molecule has 2 unspecified atom stereocenters. The fraction of sp³-hybridized carbons (Fsp3) is 0.429. The molecule has 4 aliphatic rings. The molecule has 0 N–H and O–H groups in total. The fourth-order valence-electron chi connectivity index (χ4n) is 5.05. The molecule has 3 aliphatic heterocycles. The zero-order chi connectivity index (χ0) is 20.0. The first-order valence-electron chi connectivity index (χ1n) is 9.49. The monoisotopic (exact) mass is 407 g/mol. The zero-order valence-electron chi connectivity index (χ0n) is 15.3. The van der Waals surface area contributed by atoms with Crippen LogP contribution in [0.3, 0.4) is 0 Å². The number of hydrogen-bond donors (Lipinski definition) is 0. The van der Waals surface area contributed by atoms with E-state index >= 15 is 0 Å². The molecular weight excluding hydrogens is 390 g/mol. The average Bonchev–Trinajstić information content (AvgIpc) is 3.38. The van der Waals surface area contributed by atoms with Gasteiger partial charge in [0.1, 0.15) is 12.4 Å². The molecule has 152 valence electrons. The summed E-state index contributed by atoms with van der Waals surface area (Å²) in [5.74, 6) is -7.37. The Morgan fingerprint density at radius 3 is 2.45 bits per heavy atom. The van der Waals surface area contributed by atoms with Crippen molar-refractivity contribution >= 4 is 5.69 Å². The van der Waals surface area contributed by atoms with E-state index in [1.807, 2.05) is 30.3 Å². The third-order valence-corrected chi connectivity index (χ3v) is 6.63. The predicted octanol–water partition coefficient (Wildman–Crippen LogP) is 4.20. The maximum Gasteiger partial charge on any atom is 0.314 e. The van der Waals surface area contributed by atoms with Crippen LogP contribution in [0.1, 0.15) is 17.5 Å². The molecule has 2 aromatic carbocycles. The summed E-state index contributed by atoms with van der Waals surface area (Å²) in [6.07, 6.45) is -0.794. The second-order valence-corrected chi connectivity index (χ2v) is 8.20. The Morgan fingerprint density at radius 1 is 0.931 bits per heavy atom. The fourth-order valence-corrected chi connectivity index (χ4v) is 5.05. The van der Waals surface area contributed by atoms with Crippen molar-refractivity contribution in [3.63, 3.8) is 0 Å². The molecule has 3 heterocycles. The molecule has 0 radical (unpaired) electrons. The van der Waals surface area contributed by atoms with Gasteiger partial charge in [0.25, 0.3) is 0 Å². The highest BCUT2D eigenvalue weighted by Crippen LogP contribution is 2.58. The van der Waals surface area contributed by atoms with E-state index in [1.165, 1.54) is 0 Å². The first-order chi connectivity index (χ1) is 13.8. The Bertz CT molecular complexity index is 1030. The van der Waals surface area contributed by atoms with E-state index in [1.54, 1.807) is 11.0 Å². The van der Waals surface area contributed by atoms with Crippen molar-refractivity contribution in [2.45, 2.75) is 23.7 Å². The van der Waals surface area contributed by atoms with Crippen molar-refractivity contribution in [2.24, 2.45) is 5.92 Å². The first kappa shape index (κ1) is 17.2. The molecular formula is C21H17F4NO3. The summed E-state index contributed by atoms with van der Waals surface area (Å²) in [7, 11) is 0. The Hall–Kier alpha value is -2.64. The minimum absolute atomic E-state index is 0.124. The molecule has 0 saturated heterocycles. The van der Waals surface area contributed by atoms with Crippen LogP contribution in [-0.2, 0) is 5.41 Å². The van der Waals surface area contributed by atoms with Gasteiger partial charge < -0.3 is 19.1 Å². The second-order valence-electron chi connectivity index (χ2n) is 8.20. The Labute approximate surface area is 164 Å². The van der Waals surface area contributed by atoms with Crippen molar-refractivity contribution in [3.8, 4) is 17.2 Å². The van der Waals surface area contributed by atoms with Crippen molar-refractivity contribution in [1.29, 1.82) is 0 Å². The van der Waals surface area contributed by atoms with E-state index < -0.39 is 29.6 Å². The summed E-state index contributed by atoms with van der Waals surface area (Å²) in [6, 6.07) is 11.2. The van der Waals surface area contributed by atoms with Crippen molar-refractivity contribution in [1.82, 2.24) is 0 Å². The van der Waals surface area contributed by atoms with Gasteiger partial charge in [-0.15, -0.1) is 0 Å². The summed E-state index contributed by atoms with van der Waals surface area (Å²) in [5.41, 5.74) is 2.08. The summed E-state index contributed by atoms with van der Waals surface area (Å²) in [5, 5.41) is 0. The van der Waals surface area contributed by atoms with E-state index in [4.69, 9.17) is 14.2 Å². The standard InChI is InChI=1S/C21H17F4NO3/c22-20(23)7-12(21(20,24)25)8-26-9-19(13-3-1-2-4-15(13)26)10-27-16-6-18-17(5-14(16)19)28-11-29-18/h1-6,12H,7-11H2. The van der Waals surface area contributed by atoms with Crippen molar-refractivity contribution in [2.75, 3.05) is 31.4 Å². The molecule has 1 fully saturated rings. The lowest BCUT2D eigenvalue weighted by atomic mass is 9.76. The van der Waals surface area contributed by atoms with E-state index in [9.17, 15) is 17.6 Å². The molecule has 0 bridgehead atoms. The Kier molecular flexibility index (Phi) is 3.14. The van der Waals surface area contributed by atoms with E-state index in [2.05, 4.69) is 0 Å². The quantitative estimate of drug-likeness (QED) is 0.699. The van der Waals surface area contributed by atoms with Crippen LogP contribution in [0.15, 0.2) is 36.4 Å². The molecule has 2 atom stereocenters. The average molecular weight is 407 g/mol. The third kappa shape index (κ3) is 2.09. The van der Waals surface area contributed by atoms with Gasteiger partial charge in [0.2, 0.25) is 6.79 Å². The molecule has 2 aromatic rings. The number of fused-ring (bicyclic) bond motifs is 5. The molecule has 4 nitrogen and oxygen atoms in total. The van der Waals surface area contributed by atoms with Gasteiger partial charge >= 0.3 is 11.8 Å². The van der Waals surface area contributed by atoms with Crippen LogP contribution in [0.25, 0.3) is 0 Å². The van der Waals surface area contributed by atoms with Gasteiger partial charge in [-0.05, 0) is 17.7 Å². The second kappa shape index (κ2) is 5.29. The predicted molar refractivity (Wildman–Crippen MR) is 95.5 cm³/mol. The molecule has 6 rings (SSSR count). The molecule has 0 amide bonds. The maximum atomic E-state index is 13.9. The van der Waals surface area contributed by atoms with Crippen LogP contribution >= 0.6 is 0 Å². The molecule has 0 aromatic heterocycles. The minimum Gasteiger partial charge on any atom is -0.492 e. The van der Waals surface area contributed by atoms with Crippen molar-refractivity contribution in [3.05, 3.63) is 47.5 Å². The summed E-state index contributed by atoms with van der Waals surface area (Å²) in [6.45, 7) is 0.743. The Balaban J connectivity index is 1.39. The number of anilines is 1. The van der Waals surface area contributed by atoms with Gasteiger partial charge in [-0.25, -0.2) is 0 Å². The van der Waals surface area contributed by atoms with Gasteiger partial charge in [0, 0.05) is 36.8 Å². The van der Waals surface area contributed by atoms with Crippen LogP contribution in [-0.4, -0.2) is 38.3 Å². The van der Waals surface area contributed by atoms with Gasteiger partial charge in [-0.3, -0.25) is 0 Å². The number of nitrogens with zero attached hydrogens (tertiary/aromatic N) is 1. The number of rotatable bonds is 2. The van der Waals surface area contributed by atoms with Crippen LogP contribution < -0.4 is 19.1 Å². The number of benzene rings is 2. The van der Waals surface area contributed by atoms with E-state index in [-0.39, 0.29) is 13.3 Å². The highest BCUT2D eigenvalue weighted by atomic mass is 19.3. The van der Waals surface area contributed by atoms with Crippen LogP contribution in [0, 0.1) is 5.92 Å². The molecule has 1 aliphatic carbocycles. The smallest absolute Gasteiger partial charge is 0.314 e. The van der Waals surface area contributed by atoms with Gasteiger partial charge in [-0.2, -0.15) is 17.6 Å². The number of ether oxygens (including phenoxy) is 3. The zero-order valence-corrected chi connectivity index (χ0v) is 15.3. The Morgan fingerprint density at radius 2 is 1.69 bits per heavy atom. The SMILES string of the molecule is FC1(F)CC(CN2CC3(COc4cc5c(cc43)OCO5)c3ccccc32)C1(F)F. The first-order valence-corrected chi connectivity index (χ1v) is 9.49. The molecule has 8 heteroatoms. The molecule has 1 spiro atoms. The summed E-state index contributed by atoms with van der Waals surface area (Å²) in [4.78, 5) is 1.80. The van der Waals surface area contributed by atoms with Gasteiger partial charge in [0.05, 0.1) is 11.3 Å². The summed E-state index contributed by atoms with van der Waals surface area (Å²) < 4.78 is 71.4. The highest BCUT2D eigenvalue weighted by molar-refractivity contribution is 5.70. The number of alkyl halides is 4. The topological polar surface area (TPSA) is 30.9 Å². The van der Waals surface area contributed by atoms with E-state index in [0.29, 0.717) is 30.4 Å². The van der Waals surface area contributed by atoms with Crippen LogP contribution in [0.2, 0.25) is 0 Å². The minimum atomic E-state index is -3.98. The maximum absolute atomic E-state index is 13.9. The summed E-state index contributed by atoms with van der Waals surface area (Å²) >= 11 is 0. The lowest BCUT2D eigenvalue weighted by Crippen LogP contribution is -2.61. The van der Waals surface area contributed by atoms with Gasteiger partial charge in [-0.1, -0.05) is 18.2 Å². The van der Waals surface area contributed by atoms with Crippen LogP contribution in [0.5, 0.6) is 17.2 Å². The third-order valence-electron chi connectivity index (χ3n) is 6.63. The van der Waals surface area contributed by atoms with E-state index in [0.717, 1.165) is 16.8 Å². The normalized spacial score (nSPS) is 29.4.